The van der Waals surface area contributed by atoms with E-state index in [0.29, 0.717) is 0 Å². The highest BCUT2D eigenvalue weighted by atomic mass is 16.4. The van der Waals surface area contributed by atoms with Crippen molar-refractivity contribution in [3.63, 3.8) is 0 Å². The summed E-state index contributed by atoms with van der Waals surface area (Å²) in [7, 11) is 0. The molecule has 0 fully saturated rings. The lowest BCUT2D eigenvalue weighted by atomic mass is 10.5. The molecule has 1 amide bonds. The van der Waals surface area contributed by atoms with Crippen LogP contribution >= 0.6 is 0 Å². The third-order valence-corrected chi connectivity index (χ3v) is 1.12. The van der Waals surface area contributed by atoms with Crippen LogP contribution in [-0.2, 0) is 0 Å². The fourth-order valence-corrected chi connectivity index (χ4v) is 0.621. The van der Waals surface area contributed by atoms with E-state index in [1.165, 1.54) is 12.4 Å². The van der Waals surface area contributed by atoms with Gasteiger partial charge in [0, 0.05) is 6.21 Å². The first-order valence-corrected chi connectivity index (χ1v) is 2.69. The van der Waals surface area contributed by atoms with Gasteiger partial charge in [-0.3, -0.25) is 9.89 Å². The zero-order valence-corrected chi connectivity index (χ0v) is 5.19. The van der Waals surface area contributed by atoms with E-state index in [2.05, 4.69) is 4.99 Å². The van der Waals surface area contributed by atoms with E-state index in [1.54, 1.807) is 0 Å². The van der Waals surface area contributed by atoms with Crippen molar-refractivity contribution in [3.8, 4) is 0 Å². The van der Waals surface area contributed by atoms with Crippen LogP contribution in [0.2, 0.25) is 0 Å². The fourth-order valence-electron chi connectivity index (χ4n) is 0.621. The van der Waals surface area contributed by atoms with Crippen LogP contribution in [0.4, 0.5) is 4.79 Å². The minimum Gasteiger partial charge on any atom is -0.465 e. The summed E-state index contributed by atoms with van der Waals surface area (Å²) in [6.45, 7) is 0.234. The van der Waals surface area contributed by atoms with Gasteiger partial charge in [-0.1, -0.05) is 0 Å². The predicted molar refractivity (Wildman–Crippen MR) is 35.5 cm³/mol. The number of carbonyl (C=O) groups is 1. The summed E-state index contributed by atoms with van der Waals surface area (Å²) in [4.78, 5) is 15.0. The Morgan fingerprint density at radius 2 is 2.60 bits per heavy atom. The summed E-state index contributed by atoms with van der Waals surface area (Å²) < 4.78 is 0. The van der Waals surface area contributed by atoms with Gasteiger partial charge in [0.1, 0.15) is 5.82 Å². The molecule has 0 atom stereocenters. The van der Waals surface area contributed by atoms with Crippen molar-refractivity contribution in [1.29, 1.82) is 0 Å². The summed E-state index contributed by atoms with van der Waals surface area (Å²) in [5, 5.41) is 8.45. The molecule has 5 nitrogen and oxygen atoms in total. The quantitative estimate of drug-likeness (QED) is 0.490. The SMILES string of the molecule is NC1=CN=CCN1C(=O)O. The summed E-state index contributed by atoms with van der Waals surface area (Å²) in [6, 6.07) is 0. The molecular weight excluding hydrogens is 134 g/mol. The first-order chi connectivity index (χ1) is 4.72. The Labute approximate surface area is 57.5 Å². The van der Waals surface area contributed by atoms with Gasteiger partial charge in [-0.2, -0.15) is 0 Å². The second-order valence-electron chi connectivity index (χ2n) is 1.78. The van der Waals surface area contributed by atoms with Gasteiger partial charge in [-0.25, -0.2) is 4.79 Å². The Balaban J connectivity index is 2.73. The molecule has 0 saturated carbocycles. The topological polar surface area (TPSA) is 78.9 Å². The normalized spacial score (nSPS) is 16.8. The van der Waals surface area contributed by atoms with Crippen LogP contribution in [0.3, 0.4) is 0 Å². The van der Waals surface area contributed by atoms with Crippen LogP contribution in [-0.4, -0.2) is 28.9 Å². The minimum atomic E-state index is -1.06. The molecule has 0 aliphatic carbocycles. The smallest absolute Gasteiger partial charge is 0.413 e. The molecule has 10 heavy (non-hydrogen) atoms. The van der Waals surface area contributed by atoms with Gasteiger partial charge in [0.2, 0.25) is 0 Å². The van der Waals surface area contributed by atoms with E-state index in [4.69, 9.17) is 10.8 Å². The number of nitrogens with zero attached hydrogens (tertiary/aromatic N) is 2. The molecule has 1 aliphatic rings. The highest BCUT2D eigenvalue weighted by Crippen LogP contribution is 2.00. The second kappa shape index (κ2) is 2.38. The number of nitrogens with two attached hydrogens (primary N) is 1. The van der Waals surface area contributed by atoms with Crippen LogP contribution in [0.15, 0.2) is 17.0 Å². The highest BCUT2D eigenvalue weighted by molar-refractivity contribution is 5.74. The molecule has 0 unspecified atom stereocenters. The van der Waals surface area contributed by atoms with Gasteiger partial charge < -0.3 is 10.8 Å². The van der Waals surface area contributed by atoms with E-state index in [9.17, 15) is 4.79 Å². The maximum atomic E-state index is 10.3. The van der Waals surface area contributed by atoms with Gasteiger partial charge in [0.15, 0.2) is 0 Å². The van der Waals surface area contributed by atoms with Crippen LogP contribution < -0.4 is 5.73 Å². The van der Waals surface area contributed by atoms with Crippen LogP contribution in [0, 0.1) is 0 Å². The molecule has 0 aromatic carbocycles. The third kappa shape index (κ3) is 1.07. The first kappa shape index (κ1) is 6.60. The van der Waals surface area contributed by atoms with E-state index in [-0.39, 0.29) is 12.4 Å². The lowest BCUT2D eigenvalue weighted by molar-refractivity contribution is 0.163. The Bertz CT molecular complexity index is 209. The van der Waals surface area contributed by atoms with Crippen molar-refractivity contribution in [2.75, 3.05) is 6.54 Å². The molecule has 0 radical (unpaired) electrons. The van der Waals surface area contributed by atoms with Crippen molar-refractivity contribution in [2.45, 2.75) is 0 Å². The summed E-state index contributed by atoms with van der Waals surface area (Å²) in [6.07, 6.45) is 1.72. The molecule has 0 bridgehead atoms. The molecule has 3 N–H and O–H groups in total. The monoisotopic (exact) mass is 141 g/mol. The molecule has 54 valence electrons. The molecule has 1 heterocycles. The Morgan fingerprint density at radius 3 is 3.00 bits per heavy atom. The number of carboxylic acid groups (broad SMARTS) is 1. The van der Waals surface area contributed by atoms with Crippen molar-refractivity contribution in [2.24, 2.45) is 10.7 Å². The molecule has 0 spiro atoms. The largest absolute Gasteiger partial charge is 0.465 e. The van der Waals surface area contributed by atoms with Crippen LogP contribution in [0.1, 0.15) is 0 Å². The molecule has 5 heteroatoms. The van der Waals surface area contributed by atoms with Crippen LogP contribution in [0.5, 0.6) is 0 Å². The average molecular weight is 141 g/mol. The number of hydrogen-bond acceptors (Lipinski definition) is 3. The lowest BCUT2D eigenvalue weighted by Crippen LogP contribution is -2.35. The molecule has 1 rings (SSSR count). The second-order valence-corrected chi connectivity index (χ2v) is 1.78. The zero-order chi connectivity index (χ0) is 7.56. The number of amides is 1. The van der Waals surface area contributed by atoms with Crippen molar-refractivity contribution >= 4 is 12.3 Å². The maximum absolute atomic E-state index is 10.3. The van der Waals surface area contributed by atoms with Gasteiger partial charge in [-0.15, -0.1) is 0 Å². The van der Waals surface area contributed by atoms with Gasteiger partial charge in [0.05, 0.1) is 12.7 Å². The average Bonchev–Trinajstić information content (AvgIpc) is 1.88. The van der Waals surface area contributed by atoms with Crippen molar-refractivity contribution in [3.05, 3.63) is 12.0 Å². The zero-order valence-electron chi connectivity index (χ0n) is 5.19. The Hall–Kier alpha value is -1.52. The highest BCUT2D eigenvalue weighted by Gasteiger charge is 2.14. The number of rotatable bonds is 0. The van der Waals surface area contributed by atoms with Crippen molar-refractivity contribution < 1.29 is 9.90 Å². The third-order valence-electron chi connectivity index (χ3n) is 1.12. The summed E-state index contributed by atoms with van der Waals surface area (Å²) in [5.74, 6) is 0.162. The Morgan fingerprint density at radius 1 is 1.90 bits per heavy atom. The lowest BCUT2D eigenvalue weighted by Gasteiger charge is -2.18. The first-order valence-electron chi connectivity index (χ1n) is 2.69. The predicted octanol–water partition coefficient (Wildman–Crippen LogP) is -0.192. The van der Waals surface area contributed by atoms with E-state index in [0.717, 1.165) is 4.90 Å². The van der Waals surface area contributed by atoms with E-state index >= 15 is 0 Å². The number of hydrogen-bond donors (Lipinski definition) is 2. The fraction of sp³-hybridized carbons (Fsp3) is 0.200. The maximum Gasteiger partial charge on any atom is 0.413 e. The Kier molecular flexibility index (Phi) is 1.57. The van der Waals surface area contributed by atoms with Gasteiger partial charge in [-0.05, 0) is 0 Å². The molecule has 0 aromatic rings. The minimum absolute atomic E-state index is 0.162. The van der Waals surface area contributed by atoms with Gasteiger partial charge in [0.25, 0.3) is 0 Å². The van der Waals surface area contributed by atoms with E-state index in [1.807, 2.05) is 0 Å². The summed E-state index contributed by atoms with van der Waals surface area (Å²) >= 11 is 0. The number of aliphatic imine (C=N–C) groups is 1. The molecular formula is C5H7N3O2. The molecule has 0 aromatic heterocycles. The van der Waals surface area contributed by atoms with Crippen LogP contribution in [0.25, 0.3) is 0 Å². The van der Waals surface area contributed by atoms with Gasteiger partial charge >= 0.3 is 6.09 Å². The van der Waals surface area contributed by atoms with E-state index < -0.39 is 6.09 Å². The molecule has 0 saturated heterocycles. The standard InChI is InChI=1S/C5H7N3O2/c6-4-3-7-1-2-8(4)5(9)10/h1,3H,2,6H2,(H,9,10). The van der Waals surface area contributed by atoms with Crippen molar-refractivity contribution in [1.82, 2.24) is 4.90 Å². The molecule has 1 aliphatic heterocycles. The summed E-state index contributed by atoms with van der Waals surface area (Å²) in [5.41, 5.74) is 5.27.